The highest BCUT2D eigenvalue weighted by atomic mass is 16.2. The molecule has 0 aliphatic carbocycles. The first-order valence-electron chi connectivity index (χ1n) is 8.21. The summed E-state index contributed by atoms with van der Waals surface area (Å²) >= 11 is 0. The minimum atomic E-state index is 0.0709. The van der Waals surface area contributed by atoms with Crippen LogP contribution in [0.1, 0.15) is 50.1 Å². The normalized spacial score (nSPS) is 23.0. The molecule has 2 fully saturated rings. The Hall–Kier alpha value is -1.85. The van der Waals surface area contributed by atoms with Crippen LogP contribution in [0.5, 0.6) is 0 Å². The Labute approximate surface area is 131 Å². The van der Waals surface area contributed by atoms with E-state index in [1.807, 2.05) is 24.3 Å². The van der Waals surface area contributed by atoms with E-state index >= 15 is 0 Å². The van der Waals surface area contributed by atoms with Crippen LogP contribution in [0.15, 0.2) is 12.4 Å². The van der Waals surface area contributed by atoms with Crippen LogP contribution in [-0.4, -0.2) is 51.0 Å². The number of carbonyl (C=O) groups is 2. The number of carbonyl (C=O) groups excluding carboxylic acids is 2. The van der Waals surface area contributed by atoms with E-state index in [1.54, 1.807) is 9.58 Å². The van der Waals surface area contributed by atoms with E-state index in [-0.39, 0.29) is 24.4 Å². The number of nitrogens with zero attached hydrogens (tertiary/aromatic N) is 4. The third-order valence-electron chi connectivity index (χ3n) is 4.68. The van der Waals surface area contributed by atoms with Crippen LogP contribution in [0.25, 0.3) is 0 Å². The number of likely N-dealkylation sites (tertiary alicyclic amines) is 2. The third kappa shape index (κ3) is 3.15. The van der Waals surface area contributed by atoms with Crippen molar-refractivity contribution in [2.75, 3.05) is 19.6 Å². The second-order valence-corrected chi connectivity index (χ2v) is 6.32. The van der Waals surface area contributed by atoms with Crippen molar-refractivity contribution in [3.05, 3.63) is 18.0 Å². The molecule has 2 aliphatic rings. The standard InChI is InChI=1S/C16H24N4O2/c1-18-11-13(10-17-18)14-6-5-9-20(14)16(22)12-19-8-4-2-3-7-15(19)21/h10-11,14H,2-9,12H2,1H3/t14-/m0/s1. The summed E-state index contributed by atoms with van der Waals surface area (Å²) < 4.78 is 1.77. The van der Waals surface area contributed by atoms with Crippen molar-refractivity contribution in [1.82, 2.24) is 19.6 Å². The lowest BCUT2D eigenvalue weighted by atomic mass is 10.1. The van der Waals surface area contributed by atoms with E-state index in [1.165, 1.54) is 0 Å². The predicted molar refractivity (Wildman–Crippen MR) is 81.9 cm³/mol. The molecule has 3 heterocycles. The Kier molecular flexibility index (Phi) is 4.45. The molecule has 0 radical (unpaired) electrons. The van der Waals surface area contributed by atoms with E-state index in [2.05, 4.69) is 5.10 Å². The monoisotopic (exact) mass is 304 g/mol. The molecule has 2 amide bonds. The van der Waals surface area contributed by atoms with E-state index in [0.29, 0.717) is 6.42 Å². The molecule has 0 bridgehead atoms. The highest BCUT2D eigenvalue weighted by molar-refractivity contribution is 5.85. The van der Waals surface area contributed by atoms with Gasteiger partial charge in [0.05, 0.1) is 18.8 Å². The maximum absolute atomic E-state index is 12.7. The Morgan fingerprint density at radius 1 is 1.27 bits per heavy atom. The van der Waals surface area contributed by atoms with Crippen LogP contribution >= 0.6 is 0 Å². The summed E-state index contributed by atoms with van der Waals surface area (Å²) in [6, 6.07) is 0.114. The van der Waals surface area contributed by atoms with Gasteiger partial charge in [-0.05, 0) is 25.7 Å². The van der Waals surface area contributed by atoms with Gasteiger partial charge in [0.25, 0.3) is 0 Å². The minimum Gasteiger partial charge on any atom is -0.334 e. The fraction of sp³-hybridized carbons (Fsp3) is 0.688. The van der Waals surface area contributed by atoms with Gasteiger partial charge in [0.2, 0.25) is 11.8 Å². The van der Waals surface area contributed by atoms with Gasteiger partial charge in [-0.25, -0.2) is 0 Å². The van der Waals surface area contributed by atoms with Gasteiger partial charge in [-0.1, -0.05) is 6.42 Å². The molecule has 2 aliphatic heterocycles. The highest BCUT2D eigenvalue weighted by Crippen LogP contribution is 2.31. The van der Waals surface area contributed by atoms with Crippen molar-refractivity contribution < 1.29 is 9.59 Å². The van der Waals surface area contributed by atoms with Gasteiger partial charge in [0, 0.05) is 38.3 Å². The first-order chi connectivity index (χ1) is 10.6. The summed E-state index contributed by atoms with van der Waals surface area (Å²) in [7, 11) is 1.89. The van der Waals surface area contributed by atoms with Crippen LogP contribution in [0.4, 0.5) is 0 Å². The summed E-state index contributed by atoms with van der Waals surface area (Å²) in [5, 5.41) is 4.21. The van der Waals surface area contributed by atoms with Gasteiger partial charge in [-0.2, -0.15) is 5.10 Å². The van der Waals surface area contributed by atoms with Gasteiger partial charge in [0.15, 0.2) is 0 Å². The second kappa shape index (κ2) is 6.50. The number of hydrogen-bond donors (Lipinski definition) is 0. The average molecular weight is 304 g/mol. The van der Waals surface area contributed by atoms with Crippen LogP contribution in [0, 0.1) is 0 Å². The molecule has 2 saturated heterocycles. The molecule has 0 unspecified atom stereocenters. The molecule has 6 nitrogen and oxygen atoms in total. The van der Waals surface area contributed by atoms with Crippen molar-refractivity contribution in [1.29, 1.82) is 0 Å². The van der Waals surface area contributed by atoms with Crippen molar-refractivity contribution in [3.8, 4) is 0 Å². The molecule has 1 aromatic heterocycles. The molecule has 6 heteroatoms. The van der Waals surface area contributed by atoms with Crippen molar-refractivity contribution in [2.24, 2.45) is 7.05 Å². The van der Waals surface area contributed by atoms with E-state index in [0.717, 1.165) is 50.8 Å². The van der Waals surface area contributed by atoms with Gasteiger partial charge >= 0.3 is 0 Å². The molecule has 1 atom stereocenters. The number of aryl methyl sites for hydroxylation is 1. The number of amides is 2. The molecular formula is C16H24N4O2. The van der Waals surface area contributed by atoms with E-state index in [4.69, 9.17) is 0 Å². The second-order valence-electron chi connectivity index (χ2n) is 6.32. The quantitative estimate of drug-likeness (QED) is 0.850. The number of hydrogen-bond acceptors (Lipinski definition) is 3. The van der Waals surface area contributed by atoms with Crippen molar-refractivity contribution in [2.45, 2.75) is 44.6 Å². The largest absolute Gasteiger partial charge is 0.334 e. The number of aromatic nitrogens is 2. The first kappa shape index (κ1) is 15.1. The smallest absolute Gasteiger partial charge is 0.242 e. The zero-order valence-corrected chi connectivity index (χ0v) is 13.2. The minimum absolute atomic E-state index is 0.0709. The third-order valence-corrected chi connectivity index (χ3v) is 4.68. The lowest BCUT2D eigenvalue weighted by Gasteiger charge is -2.27. The average Bonchev–Trinajstić information content (AvgIpc) is 3.09. The summed E-state index contributed by atoms with van der Waals surface area (Å²) in [6.07, 6.45) is 9.43. The zero-order valence-electron chi connectivity index (χ0n) is 13.2. The fourth-order valence-corrected chi connectivity index (χ4v) is 3.48. The molecule has 120 valence electrons. The molecule has 1 aromatic rings. The molecular weight excluding hydrogens is 280 g/mol. The van der Waals surface area contributed by atoms with Gasteiger partial charge in [0.1, 0.15) is 0 Å². The Balaban J connectivity index is 1.66. The Bertz CT molecular complexity index is 554. The Morgan fingerprint density at radius 2 is 2.14 bits per heavy atom. The van der Waals surface area contributed by atoms with E-state index < -0.39 is 0 Å². The van der Waals surface area contributed by atoms with E-state index in [9.17, 15) is 9.59 Å². The molecule has 0 aromatic carbocycles. The van der Waals surface area contributed by atoms with Crippen LogP contribution in [-0.2, 0) is 16.6 Å². The molecule has 22 heavy (non-hydrogen) atoms. The Morgan fingerprint density at radius 3 is 2.91 bits per heavy atom. The van der Waals surface area contributed by atoms with Crippen LogP contribution in [0.3, 0.4) is 0 Å². The molecule has 3 rings (SSSR count). The SMILES string of the molecule is Cn1cc([C@@H]2CCCN2C(=O)CN2CCCCCC2=O)cn1. The van der Waals surface area contributed by atoms with Gasteiger partial charge in [-0.15, -0.1) is 0 Å². The summed E-state index contributed by atoms with van der Waals surface area (Å²) in [4.78, 5) is 28.4. The maximum atomic E-state index is 12.7. The van der Waals surface area contributed by atoms with Crippen LogP contribution < -0.4 is 0 Å². The van der Waals surface area contributed by atoms with Gasteiger partial charge < -0.3 is 9.80 Å². The predicted octanol–water partition coefficient (Wildman–Crippen LogP) is 1.49. The number of rotatable bonds is 3. The van der Waals surface area contributed by atoms with Crippen molar-refractivity contribution >= 4 is 11.8 Å². The summed E-state index contributed by atoms with van der Waals surface area (Å²) in [6.45, 7) is 1.73. The maximum Gasteiger partial charge on any atom is 0.242 e. The zero-order chi connectivity index (χ0) is 15.5. The lowest BCUT2D eigenvalue weighted by Crippen LogP contribution is -2.42. The highest BCUT2D eigenvalue weighted by Gasteiger charge is 2.32. The first-order valence-corrected chi connectivity index (χ1v) is 8.21. The molecule has 0 spiro atoms. The molecule has 0 saturated carbocycles. The van der Waals surface area contributed by atoms with Crippen LogP contribution in [0.2, 0.25) is 0 Å². The topological polar surface area (TPSA) is 58.4 Å². The summed E-state index contributed by atoms with van der Waals surface area (Å²) in [5.41, 5.74) is 1.09. The lowest BCUT2D eigenvalue weighted by molar-refractivity contribution is -0.140. The van der Waals surface area contributed by atoms with Crippen molar-refractivity contribution in [3.63, 3.8) is 0 Å². The van der Waals surface area contributed by atoms with Gasteiger partial charge in [-0.3, -0.25) is 14.3 Å². The summed E-state index contributed by atoms with van der Waals surface area (Å²) in [5.74, 6) is 0.199. The molecule has 0 N–H and O–H groups in total. The fourth-order valence-electron chi connectivity index (χ4n) is 3.48.